The van der Waals surface area contributed by atoms with E-state index in [0.29, 0.717) is 11.2 Å². The second-order valence-electron chi connectivity index (χ2n) is 8.49. The molecular formula is C22H28N4OS2Si. The van der Waals surface area contributed by atoms with Crippen LogP contribution in [-0.4, -0.2) is 40.1 Å². The average Bonchev–Trinajstić information content (AvgIpc) is 3.19. The zero-order valence-electron chi connectivity index (χ0n) is 18.2. The van der Waals surface area contributed by atoms with E-state index < -0.39 is 8.32 Å². The number of benzene rings is 1. The van der Waals surface area contributed by atoms with Crippen molar-refractivity contribution in [3.8, 4) is 17.5 Å². The summed E-state index contributed by atoms with van der Waals surface area (Å²) in [5, 5.41) is 11.5. The Labute approximate surface area is 188 Å². The molecule has 5 nitrogen and oxygen atoms in total. The van der Waals surface area contributed by atoms with Crippen LogP contribution in [0, 0.1) is 11.3 Å². The maximum Gasteiger partial charge on any atom is 0.192 e. The molecule has 0 aliphatic carbocycles. The Hall–Kier alpha value is -1.79. The normalized spacial score (nSPS) is 12.3. The quantitative estimate of drug-likeness (QED) is 0.135. The molecule has 0 unspecified atom stereocenters. The van der Waals surface area contributed by atoms with Gasteiger partial charge in [0.15, 0.2) is 14.0 Å². The van der Waals surface area contributed by atoms with Gasteiger partial charge in [-0.2, -0.15) is 5.26 Å². The number of imidazole rings is 1. The first-order chi connectivity index (χ1) is 14.2. The first-order valence-electron chi connectivity index (χ1n) is 9.92. The summed E-state index contributed by atoms with van der Waals surface area (Å²) in [6.07, 6.45) is 3.57. The molecule has 0 N–H and O–H groups in total. The third kappa shape index (κ3) is 5.09. The minimum absolute atomic E-state index is 0.228. The smallest absolute Gasteiger partial charge is 0.192 e. The molecule has 1 aromatic carbocycles. The van der Waals surface area contributed by atoms with Crippen LogP contribution in [0.1, 0.15) is 26.3 Å². The van der Waals surface area contributed by atoms with Gasteiger partial charge >= 0.3 is 0 Å². The Kier molecular flexibility index (Phi) is 7.29. The van der Waals surface area contributed by atoms with Crippen LogP contribution in [0.25, 0.3) is 17.0 Å². The van der Waals surface area contributed by atoms with Crippen molar-refractivity contribution in [1.29, 1.82) is 5.26 Å². The number of hydrogen-bond acceptors (Lipinski definition) is 6. The van der Waals surface area contributed by atoms with E-state index in [9.17, 15) is 5.26 Å². The van der Waals surface area contributed by atoms with Crippen molar-refractivity contribution in [2.75, 3.05) is 17.4 Å². The van der Waals surface area contributed by atoms with Gasteiger partial charge in [0.05, 0.1) is 0 Å². The Morgan fingerprint density at radius 2 is 1.93 bits per heavy atom. The molecular weight excluding hydrogens is 428 g/mol. The van der Waals surface area contributed by atoms with Crippen LogP contribution >= 0.6 is 23.5 Å². The maximum atomic E-state index is 9.72. The summed E-state index contributed by atoms with van der Waals surface area (Å²) in [5.74, 6) is 1.73. The van der Waals surface area contributed by atoms with Crippen molar-refractivity contribution in [2.24, 2.45) is 0 Å². The molecule has 30 heavy (non-hydrogen) atoms. The van der Waals surface area contributed by atoms with Crippen molar-refractivity contribution in [3.63, 3.8) is 0 Å². The molecule has 0 spiro atoms. The summed E-state index contributed by atoms with van der Waals surface area (Å²) in [5.41, 5.74) is 2.19. The lowest BCUT2D eigenvalue weighted by Gasteiger charge is -2.36. The van der Waals surface area contributed by atoms with E-state index in [2.05, 4.69) is 44.9 Å². The molecule has 2 heterocycles. The van der Waals surface area contributed by atoms with Gasteiger partial charge in [-0.05, 0) is 18.1 Å². The van der Waals surface area contributed by atoms with Crippen LogP contribution in [-0.2, 0) is 4.43 Å². The lowest BCUT2D eigenvalue weighted by atomic mass is 10.2. The second-order valence-corrected chi connectivity index (χ2v) is 15.7. The highest BCUT2D eigenvalue weighted by Crippen LogP contribution is 2.36. The van der Waals surface area contributed by atoms with Crippen molar-refractivity contribution in [3.05, 3.63) is 48.3 Å². The van der Waals surface area contributed by atoms with Crippen LogP contribution in [0.4, 0.5) is 0 Å². The van der Waals surface area contributed by atoms with Gasteiger partial charge in [-0.3, -0.25) is 4.40 Å². The third-order valence-electron chi connectivity index (χ3n) is 5.43. The summed E-state index contributed by atoms with van der Waals surface area (Å²) in [4.78, 5) is 9.24. The molecule has 0 radical (unpaired) electrons. The Morgan fingerprint density at radius 3 is 2.60 bits per heavy atom. The average molecular weight is 457 g/mol. The standard InChI is InChI=1S/C22H28N4OS2Si/c1-22(2,3)30(4,5)27-13-14-28-16-29-21-18(15-23)20-24-11-12-26(20)19(25-21)17-9-7-6-8-10-17/h6-12H,13-14,16H2,1-5H3. The number of aromatic nitrogens is 3. The number of hydrogen-bond donors (Lipinski definition) is 0. The van der Waals surface area contributed by atoms with E-state index in [-0.39, 0.29) is 5.04 Å². The zero-order valence-corrected chi connectivity index (χ0v) is 20.8. The molecule has 0 fully saturated rings. The number of nitriles is 1. The topological polar surface area (TPSA) is 63.2 Å². The van der Waals surface area contributed by atoms with E-state index in [0.717, 1.165) is 33.9 Å². The third-order valence-corrected chi connectivity index (χ3v) is 12.1. The molecule has 0 atom stereocenters. The summed E-state index contributed by atoms with van der Waals surface area (Å²) in [6.45, 7) is 12.1. The van der Waals surface area contributed by atoms with Crippen molar-refractivity contribution >= 4 is 37.5 Å². The predicted molar refractivity (Wildman–Crippen MR) is 129 cm³/mol. The zero-order chi connectivity index (χ0) is 21.8. The first kappa shape index (κ1) is 22.9. The SMILES string of the molecule is CC(C)(C)[Si](C)(C)OCCSCSc1nc(-c2ccccc2)n2ccnc2c1C#N. The monoisotopic (exact) mass is 456 g/mol. The Bertz CT molecular complexity index is 1040. The highest BCUT2D eigenvalue weighted by Gasteiger charge is 2.36. The van der Waals surface area contributed by atoms with E-state index in [1.54, 1.807) is 18.0 Å². The minimum Gasteiger partial charge on any atom is -0.416 e. The largest absolute Gasteiger partial charge is 0.416 e. The predicted octanol–water partition coefficient (Wildman–Crippen LogP) is 6.07. The van der Waals surface area contributed by atoms with Gasteiger partial charge in [-0.25, -0.2) is 9.97 Å². The van der Waals surface area contributed by atoms with Crippen LogP contribution in [0.15, 0.2) is 47.8 Å². The molecule has 0 saturated carbocycles. The molecule has 0 saturated heterocycles. The molecule has 0 aliphatic rings. The number of fused-ring (bicyclic) bond motifs is 1. The van der Waals surface area contributed by atoms with Crippen LogP contribution < -0.4 is 0 Å². The number of nitrogens with zero attached hydrogens (tertiary/aromatic N) is 4. The Morgan fingerprint density at radius 1 is 1.20 bits per heavy atom. The molecule has 0 bridgehead atoms. The fraction of sp³-hybridized carbons (Fsp3) is 0.409. The van der Waals surface area contributed by atoms with E-state index in [1.807, 2.05) is 52.7 Å². The van der Waals surface area contributed by atoms with Gasteiger partial charge in [0.25, 0.3) is 0 Å². The summed E-state index contributed by atoms with van der Waals surface area (Å²) >= 11 is 3.41. The van der Waals surface area contributed by atoms with Gasteiger partial charge in [0.1, 0.15) is 22.5 Å². The van der Waals surface area contributed by atoms with Gasteiger partial charge in [-0.1, -0.05) is 62.9 Å². The second kappa shape index (κ2) is 9.56. The summed E-state index contributed by atoms with van der Waals surface area (Å²) < 4.78 is 8.13. The van der Waals surface area contributed by atoms with Crippen molar-refractivity contribution < 1.29 is 4.43 Å². The fourth-order valence-electron chi connectivity index (χ4n) is 2.68. The van der Waals surface area contributed by atoms with Crippen LogP contribution in [0.5, 0.6) is 0 Å². The maximum absolute atomic E-state index is 9.72. The van der Waals surface area contributed by atoms with Gasteiger partial charge in [0.2, 0.25) is 0 Å². The molecule has 8 heteroatoms. The van der Waals surface area contributed by atoms with E-state index >= 15 is 0 Å². The van der Waals surface area contributed by atoms with E-state index in [4.69, 9.17) is 9.41 Å². The van der Waals surface area contributed by atoms with Crippen molar-refractivity contribution in [1.82, 2.24) is 14.4 Å². The molecule has 0 amide bonds. The van der Waals surface area contributed by atoms with Gasteiger partial charge < -0.3 is 4.43 Å². The fourth-order valence-corrected chi connectivity index (χ4v) is 5.76. The molecule has 3 aromatic rings. The highest BCUT2D eigenvalue weighted by atomic mass is 32.2. The molecule has 0 aliphatic heterocycles. The summed E-state index contributed by atoms with van der Waals surface area (Å²) in [6, 6.07) is 12.3. The first-order valence-corrected chi connectivity index (χ1v) is 15.0. The lowest BCUT2D eigenvalue weighted by molar-refractivity contribution is 0.311. The number of rotatable bonds is 8. The molecule has 3 rings (SSSR count). The van der Waals surface area contributed by atoms with Crippen LogP contribution in [0.3, 0.4) is 0 Å². The van der Waals surface area contributed by atoms with Crippen molar-refractivity contribution in [2.45, 2.75) is 43.9 Å². The highest BCUT2D eigenvalue weighted by molar-refractivity contribution is 8.16. The van der Waals surface area contributed by atoms with Crippen LogP contribution in [0.2, 0.25) is 18.1 Å². The minimum atomic E-state index is -1.70. The molecule has 158 valence electrons. The lowest BCUT2D eigenvalue weighted by Crippen LogP contribution is -2.41. The summed E-state index contributed by atoms with van der Waals surface area (Å²) in [7, 11) is -1.70. The molecule has 2 aromatic heterocycles. The van der Waals surface area contributed by atoms with Gasteiger partial charge in [0, 0.05) is 35.4 Å². The van der Waals surface area contributed by atoms with E-state index in [1.165, 1.54) is 0 Å². The van der Waals surface area contributed by atoms with Gasteiger partial charge in [-0.15, -0.1) is 11.8 Å². The Balaban J connectivity index is 1.69. The number of thioether (sulfide) groups is 2.